The molecule has 36 heavy (non-hydrogen) atoms. The number of carbonyl (C=O) groups is 1. The summed E-state index contributed by atoms with van der Waals surface area (Å²) >= 11 is 0. The molecule has 2 aromatic carbocycles. The molecule has 10 heteroatoms. The lowest BCUT2D eigenvalue weighted by Crippen LogP contribution is -2.54. The van der Waals surface area contributed by atoms with Crippen molar-refractivity contribution in [3.8, 4) is 17.2 Å². The number of fused-ring (bicyclic) bond motifs is 1. The van der Waals surface area contributed by atoms with Gasteiger partial charge in [0.05, 0.1) is 11.7 Å². The molecule has 7 nitrogen and oxygen atoms in total. The summed E-state index contributed by atoms with van der Waals surface area (Å²) in [5.74, 6) is 0.0379. The Morgan fingerprint density at radius 3 is 2.78 bits per heavy atom. The number of hydrogen-bond acceptors (Lipinski definition) is 6. The van der Waals surface area contributed by atoms with Crippen molar-refractivity contribution in [1.82, 2.24) is 10.2 Å². The molecule has 2 aliphatic heterocycles. The molecule has 1 unspecified atom stereocenters. The second-order valence-corrected chi connectivity index (χ2v) is 9.15. The average molecular weight is 507 g/mol. The summed E-state index contributed by atoms with van der Waals surface area (Å²) in [6.07, 6.45) is -2.90. The topological polar surface area (TPSA) is 80.3 Å². The fraction of sp³-hybridized carbons (Fsp3) is 0.423. The number of alkyl halides is 3. The molecule has 0 amide bonds. The third kappa shape index (κ3) is 6.50. The monoisotopic (exact) mass is 506 g/mol. The number of rotatable bonds is 8. The van der Waals surface area contributed by atoms with E-state index in [4.69, 9.17) is 14.2 Å². The first-order chi connectivity index (χ1) is 17.1. The predicted octanol–water partition coefficient (Wildman–Crippen LogP) is 4.21. The van der Waals surface area contributed by atoms with Gasteiger partial charge in [0.25, 0.3) is 0 Å². The lowest BCUT2D eigenvalue weighted by Gasteiger charge is -2.32. The van der Waals surface area contributed by atoms with Crippen molar-refractivity contribution in [2.75, 3.05) is 32.8 Å². The van der Waals surface area contributed by atoms with Gasteiger partial charge in [-0.3, -0.25) is 9.69 Å². The maximum absolute atomic E-state index is 13.5. The number of piperazine rings is 1. The highest BCUT2D eigenvalue weighted by Crippen LogP contribution is 2.38. The number of hydrogen-bond donors (Lipinski definition) is 2. The van der Waals surface area contributed by atoms with Crippen molar-refractivity contribution in [2.24, 2.45) is 0 Å². The molecular formula is C26H29F3N2O5. The van der Waals surface area contributed by atoms with Gasteiger partial charge in [-0.15, -0.1) is 0 Å². The number of carboxylic acid groups (broad SMARTS) is 1. The summed E-state index contributed by atoms with van der Waals surface area (Å²) < 4.78 is 57.4. The molecule has 1 fully saturated rings. The lowest BCUT2D eigenvalue weighted by atomic mass is 10.1. The van der Waals surface area contributed by atoms with Gasteiger partial charge in [0.2, 0.25) is 0 Å². The van der Waals surface area contributed by atoms with Crippen LogP contribution in [0.2, 0.25) is 0 Å². The normalized spacial score (nSPS) is 18.3. The molecule has 0 saturated carbocycles. The molecular weight excluding hydrogens is 477 g/mol. The fourth-order valence-corrected chi connectivity index (χ4v) is 4.19. The van der Waals surface area contributed by atoms with Crippen molar-refractivity contribution in [1.29, 1.82) is 0 Å². The van der Waals surface area contributed by atoms with E-state index in [1.54, 1.807) is 32.0 Å². The van der Waals surface area contributed by atoms with Crippen LogP contribution in [0.25, 0.3) is 6.08 Å². The second-order valence-electron chi connectivity index (χ2n) is 9.15. The van der Waals surface area contributed by atoms with Crippen molar-refractivity contribution >= 4 is 12.0 Å². The van der Waals surface area contributed by atoms with E-state index in [1.807, 2.05) is 12.1 Å². The van der Waals surface area contributed by atoms with Gasteiger partial charge < -0.3 is 24.6 Å². The summed E-state index contributed by atoms with van der Waals surface area (Å²) in [6.45, 7) is 6.07. The van der Waals surface area contributed by atoms with Crippen LogP contribution < -0.4 is 19.5 Å². The Hall–Kier alpha value is -3.24. The van der Waals surface area contributed by atoms with E-state index < -0.39 is 23.8 Å². The molecule has 2 heterocycles. The fourth-order valence-electron chi connectivity index (χ4n) is 4.19. The second kappa shape index (κ2) is 10.8. The largest absolute Gasteiger partial charge is 0.490 e. The van der Waals surface area contributed by atoms with E-state index in [0.29, 0.717) is 43.3 Å². The number of halogens is 3. The highest BCUT2D eigenvalue weighted by molar-refractivity contribution is 5.74. The molecule has 0 radical (unpaired) electrons. The van der Waals surface area contributed by atoms with Crippen LogP contribution in [0.15, 0.2) is 42.0 Å². The first kappa shape index (κ1) is 25.8. The number of benzene rings is 2. The molecule has 0 spiro atoms. The highest BCUT2D eigenvalue weighted by atomic mass is 19.4. The van der Waals surface area contributed by atoms with Crippen molar-refractivity contribution < 1.29 is 37.3 Å². The molecule has 4 rings (SSSR count). The first-order valence-corrected chi connectivity index (χ1v) is 11.7. The number of nitrogens with one attached hydrogen (secondary N) is 1. The predicted molar refractivity (Wildman–Crippen MR) is 127 cm³/mol. The van der Waals surface area contributed by atoms with Gasteiger partial charge in [0.15, 0.2) is 0 Å². The van der Waals surface area contributed by atoms with E-state index >= 15 is 0 Å². The minimum atomic E-state index is -4.54. The molecule has 2 aromatic rings. The SMILES string of the molecule is CC(C)Oc1ccc(COc2ccc3c(c2)OCC(CN2CCNC(C(=O)O)C2)=C3)cc1C(F)(F)F. The van der Waals surface area contributed by atoms with Crippen molar-refractivity contribution in [3.63, 3.8) is 0 Å². The maximum Gasteiger partial charge on any atom is 0.419 e. The van der Waals surface area contributed by atoms with Gasteiger partial charge in [-0.1, -0.05) is 6.07 Å². The van der Waals surface area contributed by atoms with Crippen LogP contribution in [0.4, 0.5) is 13.2 Å². The van der Waals surface area contributed by atoms with Crippen LogP contribution in [0.3, 0.4) is 0 Å². The molecule has 2 N–H and O–H groups in total. The zero-order valence-electron chi connectivity index (χ0n) is 20.1. The van der Waals surface area contributed by atoms with Gasteiger partial charge in [0, 0.05) is 37.8 Å². The summed E-state index contributed by atoms with van der Waals surface area (Å²) in [5, 5.41) is 12.2. The summed E-state index contributed by atoms with van der Waals surface area (Å²) in [6, 6.07) is 8.64. The quantitative estimate of drug-likeness (QED) is 0.555. The zero-order chi connectivity index (χ0) is 25.9. The lowest BCUT2D eigenvalue weighted by molar-refractivity contribution is -0.141. The molecule has 0 aromatic heterocycles. The van der Waals surface area contributed by atoms with Crippen LogP contribution in [0, 0.1) is 0 Å². The van der Waals surface area contributed by atoms with Crippen LogP contribution in [0.1, 0.15) is 30.5 Å². The Bertz CT molecular complexity index is 1130. The minimum absolute atomic E-state index is 0.0430. The molecule has 194 valence electrons. The summed E-state index contributed by atoms with van der Waals surface area (Å²) in [7, 11) is 0. The maximum atomic E-state index is 13.5. The van der Waals surface area contributed by atoms with Crippen molar-refractivity contribution in [3.05, 3.63) is 58.7 Å². The number of ether oxygens (including phenoxy) is 3. The van der Waals surface area contributed by atoms with Crippen LogP contribution in [0.5, 0.6) is 17.2 Å². The molecule has 2 aliphatic rings. The van der Waals surface area contributed by atoms with E-state index in [0.717, 1.165) is 23.7 Å². The first-order valence-electron chi connectivity index (χ1n) is 11.7. The zero-order valence-corrected chi connectivity index (χ0v) is 20.1. The number of carboxylic acids is 1. The Labute approximate surface area is 207 Å². The standard InChI is InChI=1S/C26H29F3N2O5/c1-16(2)36-23-6-3-17(10-21(23)26(27,28)29)14-34-20-5-4-19-9-18(15-35-24(19)11-20)12-31-8-7-30-22(13-31)25(32)33/h3-6,9-11,16,22,30H,7-8,12-15H2,1-2H3,(H,32,33). The van der Waals surface area contributed by atoms with Crippen LogP contribution >= 0.6 is 0 Å². The van der Waals surface area contributed by atoms with Gasteiger partial charge in [-0.05, 0) is 55.3 Å². The molecule has 1 saturated heterocycles. The van der Waals surface area contributed by atoms with Gasteiger partial charge in [-0.25, -0.2) is 0 Å². The Morgan fingerprint density at radius 2 is 2.06 bits per heavy atom. The minimum Gasteiger partial charge on any atom is -0.490 e. The van der Waals surface area contributed by atoms with E-state index in [9.17, 15) is 23.1 Å². The summed E-state index contributed by atoms with van der Waals surface area (Å²) in [4.78, 5) is 13.3. The third-order valence-corrected chi connectivity index (χ3v) is 5.86. The van der Waals surface area contributed by atoms with Gasteiger partial charge in [0.1, 0.15) is 36.5 Å². The molecule has 1 atom stereocenters. The van der Waals surface area contributed by atoms with Crippen LogP contribution in [-0.2, 0) is 17.6 Å². The van der Waals surface area contributed by atoms with E-state index in [1.165, 1.54) is 6.07 Å². The summed E-state index contributed by atoms with van der Waals surface area (Å²) in [5.41, 5.74) is 1.44. The number of nitrogens with zero attached hydrogens (tertiary/aromatic N) is 1. The Morgan fingerprint density at radius 1 is 1.25 bits per heavy atom. The third-order valence-electron chi connectivity index (χ3n) is 5.86. The van der Waals surface area contributed by atoms with Crippen molar-refractivity contribution in [2.45, 2.75) is 38.8 Å². The smallest absolute Gasteiger partial charge is 0.419 e. The highest BCUT2D eigenvalue weighted by Gasteiger charge is 2.35. The average Bonchev–Trinajstić information content (AvgIpc) is 2.82. The number of aliphatic carboxylic acids is 1. The van der Waals surface area contributed by atoms with E-state index in [-0.39, 0.29) is 18.5 Å². The Kier molecular flexibility index (Phi) is 7.75. The molecule has 0 bridgehead atoms. The van der Waals surface area contributed by atoms with Gasteiger partial charge in [-0.2, -0.15) is 13.2 Å². The molecule has 0 aliphatic carbocycles. The van der Waals surface area contributed by atoms with Gasteiger partial charge >= 0.3 is 12.1 Å². The Balaban J connectivity index is 1.40. The van der Waals surface area contributed by atoms with Crippen LogP contribution in [-0.4, -0.2) is 60.9 Å². The van der Waals surface area contributed by atoms with E-state index in [2.05, 4.69) is 10.2 Å².